The molecule has 0 saturated carbocycles. The minimum atomic E-state index is -2.55. The predicted molar refractivity (Wildman–Crippen MR) is 95.9 cm³/mol. The van der Waals surface area contributed by atoms with Gasteiger partial charge in [0.2, 0.25) is 0 Å². The molecule has 2 N–H and O–H groups in total. The van der Waals surface area contributed by atoms with E-state index in [1.807, 2.05) is 30.3 Å². The van der Waals surface area contributed by atoms with Crippen LogP contribution in [0.2, 0.25) is 0 Å². The van der Waals surface area contributed by atoms with Gasteiger partial charge >= 0.3 is 0 Å². The Morgan fingerprint density at radius 1 is 1.12 bits per heavy atom. The van der Waals surface area contributed by atoms with E-state index in [2.05, 4.69) is 0 Å². The summed E-state index contributed by atoms with van der Waals surface area (Å²) in [5.41, 5.74) is 7.40. The molecule has 2 aromatic carbocycles. The molecule has 3 nitrogen and oxygen atoms in total. The van der Waals surface area contributed by atoms with E-state index >= 15 is 0 Å². The van der Waals surface area contributed by atoms with Gasteiger partial charge < -0.3 is 10.6 Å². The van der Waals surface area contributed by atoms with Crippen molar-refractivity contribution < 1.29 is 13.6 Å². The molecule has 0 aliphatic carbocycles. The van der Waals surface area contributed by atoms with Crippen molar-refractivity contribution in [2.45, 2.75) is 16.6 Å². The van der Waals surface area contributed by atoms with Gasteiger partial charge in [0.25, 0.3) is 11.7 Å². The lowest BCUT2D eigenvalue weighted by Gasteiger charge is -2.18. The number of likely N-dealkylation sites (tertiary alicyclic amines) is 1. The van der Waals surface area contributed by atoms with Crippen LogP contribution in [0.5, 0.6) is 0 Å². The second-order valence-corrected chi connectivity index (χ2v) is 7.13. The molecular weight excluding hydrogens is 342 g/mol. The number of benzene rings is 2. The van der Waals surface area contributed by atoms with Gasteiger partial charge in [0.15, 0.2) is 0 Å². The van der Waals surface area contributed by atoms with Crippen LogP contribution in [0, 0.1) is 5.92 Å². The molecule has 0 bridgehead atoms. The summed E-state index contributed by atoms with van der Waals surface area (Å²) in [4.78, 5) is 15.0. The molecule has 1 aliphatic rings. The zero-order valence-corrected chi connectivity index (χ0v) is 14.5. The molecule has 0 radical (unpaired) electrons. The minimum absolute atomic E-state index is 0.168. The number of alkyl halides is 2. The fourth-order valence-corrected chi connectivity index (χ4v) is 4.00. The number of hydrogen-bond donors (Lipinski definition) is 1. The Hall–Kier alpha value is -1.92. The van der Waals surface area contributed by atoms with Gasteiger partial charge in [0, 0.05) is 23.9 Å². The van der Waals surface area contributed by atoms with Gasteiger partial charge in [0.05, 0.1) is 5.56 Å². The van der Waals surface area contributed by atoms with Crippen molar-refractivity contribution in [2.24, 2.45) is 11.7 Å². The second-order valence-electron chi connectivity index (χ2n) is 6.10. The highest BCUT2D eigenvalue weighted by molar-refractivity contribution is 7.99. The molecule has 0 unspecified atom stereocenters. The fourth-order valence-electron chi connectivity index (χ4n) is 3.37. The second kappa shape index (κ2) is 7.97. The maximum Gasteiger partial charge on any atom is 0.288 e. The third-order valence-electron chi connectivity index (χ3n) is 4.59. The monoisotopic (exact) mass is 362 g/mol. The fraction of sp³-hybridized carbons (Fsp3) is 0.316. The quantitative estimate of drug-likeness (QED) is 0.823. The van der Waals surface area contributed by atoms with Gasteiger partial charge in [-0.2, -0.15) is 8.78 Å². The molecule has 1 amide bonds. The zero-order chi connectivity index (χ0) is 17.8. The molecule has 6 heteroatoms. The van der Waals surface area contributed by atoms with E-state index in [0.29, 0.717) is 41.9 Å². The molecule has 2 aromatic rings. The van der Waals surface area contributed by atoms with Crippen LogP contribution in [-0.2, 0) is 0 Å². The number of thioether (sulfide) groups is 1. The van der Waals surface area contributed by atoms with E-state index in [0.717, 1.165) is 5.56 Å². The number of carbonyl (C=O) groups is 1. The van der Waals surface area contributed by atoms with Crippen LogP contribution in [0.15, 0.2) is 59.5 Å². The summed E-state index contributed by atoms with van der Waals surface area (Å²) in [6.45, 7) is 1.58. The molecule has 0 aromatic heterocycles. The number of carbonyl (C=O) groups excluding carboxylic acids is 1. The van der Waals surface area contributed by atoms with E-state index in [-0.39, 0.29) is 17.7 Å². The summed E-state index contributed by atoms with van der Waals surface area (Å²) in [5, 5.41) is 0. The molecule has 2 atom stereocenters. The van der Waals surface area contributed by atoms with Crippen molar-refractivity contribution in [3.63, 3.8) is 0 Å². The van der Waals surface area contributed by atoms with Gasteiger partial charge in [0.1, 0.15) is 0 Å². The van der Waals surface area contributed by atoms with Crippen molar-refractivity contribution in [3.05, 3.63) is 65.7 Å². The number of halogens is 2. The SMILES string of the molecule is NC[C@@H]1CN(C(=O)c2ccccc2SC(F)F)C[C@H]1c1ccccc1. The van der Waals surface area contributed by atoms with E-state index in [1.165, 1.54) is 0 Å². The summed E-state index contributed by atoms with van der Waals surface area (Å²) >= 11 is 0.410. The number of nitrogens with two attached hydrogens (primary N) is 1. The topological polar surface area (TPSA) is 46.3 Å². The van der Waals surface area contributed by atoms with Crippen LogP contribution >= 0.6 is 11.8 Å². The highest BCUT2D eigenvalue weighted by Crippen LogP contribution is 2.35. The van der Waals surface area contributed by atoms with Crippen LogP contribution in [-0.4, -0.2) is 36.2 Å². The third-order valence-corrected chi connectivity index (χ3v) is 5.38. The van der Waals surface area contributed by atoms with Crippen molar-refractivity contribution in [3.8, 4) is 0 Å². The Morgan fingerprint density at radius 3 is 2.48 bits per heavy atom. The van der Waals surface area contributed by atoms with E-state index in [4.69, 9.17) is 5.73 Å². The number of rotatable bonds is 5. The Balaban J connectivity index is 1.82. The Kier molecular flexibility index (Phi) is 5.71. The van der Waals surface area contributed by atoms with Crippen LogP contribution < -0.4 is 5.73 Å². The Labute approximate surface area is 150 Å². The van der Waals surface area contributed by atoms with Gasteiger partial charge in [-0.1, -0.05) is 54.2 Å². The molecule has 3 rings (SSSR count). The maximum absolute atomic E-state index is 12.9. The summed E-state index contributed by atoms with van der Waals surface area (Å²) in [5.74, 6) is -2.42. The molecule has 1 fully saturated rings. The normalized spacial score (nSPS) is 20.2. The first-order chi connectivity index (χ1) is 12.1. The highest BCUT2D eigenvalue weighted by Gasteiger charge is 2.36. The van der Waals surface area contributed by atoms with Crippen molar-refractivity contribution >= 4 is 17.7 Å². The lowest BCUT2D eigenvalue weighted by atomic mass is 9.89. The molecule has 0 spiro atoms. The maximum atomic E-state index is 12.9. The lowest BCUT2D eigenvalue weighted by Crippen LogP contribution is -2.30. The molecule has 25 heavy (non-hydrogen) atoms. The minimum Gasteiger partial charge on any atom is -0.338 e. The van der Waals surface area contributed by atoms with Gasteiger partial charge in [-0.25, -0.2) is 0 Å². The largest absolute Gasteiger partial charge is 0.338 e. The average molecular weight is 362 g/mol. The molecular formula is C19H20F2N2OS. The molecule has 1 saturated heterocycles. The van der Waals surface area contributed by atoms with Crippen LogP contribution in [0.1, 0.15) is 21.8 Å². The smallest absolute Gasteiger partial charge is 0.288 e. The van der Waals surface area contributed by atoms with Crippen molar-refractivity contribution in [1.82, 2.24) is 4.90 Å². The first-order valence-electron chi connectivity index (χ1n) is 8.18. The number of nitrogens with zero attached hydrogens (tertiary/aromatic N) is 1. The summed E-state index contributed by atoms with van der Waals surface area (Å²) < 4.78 is 25.5. The van der Waals surface area contributed by atoms with E-state index in [1.54, 1.807) is 29.2 Å². The summed E-state index contributed by atoms with van der Waals surface area (Å²) in [6, 6.07) is 16.5. The van der Waals surface area contributed by atoms with E-state index in [9.17, 15) is 13.6 Å². The summed E-state index contributed by atoms with van der Waals surface area (Å²) in [6.07, 6.45) is 0. The zero-order valence-electron chi connectivity index (χ0n) is 13.6. The average Bonchev–Trinajstić information content (AvgIpc) is 3.06. The third kappa shape index (κ3) is 4.02. The number of amides is 1. The Morgan fingerprint density at radius 2 is 1.80 bits per heavy atom. The van der Waals surface area contributed by atoms with Crippen LogP contribution in [0.25, 0.3) is 0 Å². The van der Waals surface area contributed by atoms with E-state index < -0.39 is 5.76 Å². The first-order valence-corrected chi connectivity index (χ1v) is 9.06. The van der Waals surface area contributed by atoms with Crippen molar-refractivity contribution in [1.29, 1.82) is 0 Å². The standard InChI is InChI=1S/C19H20F2N2OS/c20-19(21)25-17-9-5-4-8-15(17)18(24)23-11-14(10-22)16(12-23)13-6-2-1-3-7-13/h1-9,14,16,19H,10-12,22H2/t14-,16+/m1/s1. The van der Waals surface area contributed by atoms with Gasteiger partial charge in [-0.15, -0.1) is 0 Å². The Bertz CT molecular complexity index is 726. The number of hydrogen-bond acceptors (Lipinski definition) is 3. The molecule has 1 aliphatic heterocycles. The first kappa shape index (κ1) is 17.9. The predicted octanol–water partition coefficient (Wildman–Crippen LogP) is 3.82. The van der Waals surface area contributed by atoms with Crippen LogP contribution in [0.3, 0.4) is 0 Å². The molecule has 1 heterocycles. The molecule has 132 valence electrons. The van der Waals surface area contributed by atoms with Crippen LogP contribution in [0.4, 0.5) is 8.78 Å². The van der Waals surface area contributed by atoms with Crippen molar-refractivity contribution in [2.75, 3.05) is 19.6 Å². The summed E-state index contributed by atoms with van der Waals surface area (Å²) in [7, 11) is 0. The highest BCUT2D eigenvalue weighted by atomic mass is 32.2. The van der Waals surface area contributed by atoms with Gasteiger partial charge in [-0.3, -0.25) is 4.79 Å². The lowest BCUT2D eigenvalue weighted by molar-refractivity contribution is 0.0783. The van der Waals surface area contributed by atoms with Gasteiger partial charge in [-0.05, 0) is 30.2 Å².